The lowest BCUT2D eigenvalue weighted by atomic mass is 9.82. The third-order valence-electron chi connectivity index (χ3n) is 5.25. The van der Waals surface area contributed by atoms with Gasteiger partial charge in [-0.25, -0.2) is 0 Å². The topological polar surface area (TPSA) is 58.4 Å². The van der Waals surface area contributed by atoms with E-state index in [1.54, 1.807) is 12.1 Å². The lowest BCUT2D eigenvalue weighted by molar-refractivity contribution is -0.124. The second-order valence-electron chi connectivity index (χ2n) is 6.72. The molecule has 3 rings (SSSR count). The van der Waals surface area contributed by atoms with E-state index in [1.165, 1.54) is 0 Å². The van der Waals surface area contributed by atoms with Gasteiger partial charge in [0, 0.05) is 10.7 Å². The average Bonchev–Trinajstić information content (AvgIpc) is 2.65. The molecule has 0 saturated heterocycles. The van der Waals surface area contributed by atoms with E-state index in [4.69, 9.17) is 17.3 Å². The molecule has 0 aromatic heterocycles. The first-order chi connectivity index (χ1) is 12.5. The fraction of sp³-hybridized carbons (Fsp3) is 0.381. The summed E-state index contributed by atoms with van der Waals surface area (Å²) in [7, 11) is 0. The number of amides is 1. The van der Waals surface area contributed by atoms with Crippen molar-refractivity contribution in [3.63, 3.8) is 0 Å². The summed E-state index contributed by atoms with van der Waals surface area (Å²) in [6.45, 7) is 7.19. The summed E-state index contributed by atoms with van der Waals surface area (Å²) in [6, 6.07) is 13.3. The minimum Gasteiger partial charge on any atom is -0.399 e. The third-order valence-corrected chi connectivity index (χ3v) is 5.59. The maximum absolute atomic E-state index is 12.9. The van der Waals surface area contributed by atoms with Crippen LogP contribution < -0.4 is 11.1 Å². The minimum atomic E-state index is -0.264. The molecule has 1 heterocycles. The molecular formula is C21H26ClN3O. The fourth-order valence-electron chi connectivity index (χ4n) is 3.72. The van der Waals surface area contributed by atoms with Gasteiger partial charge in [-0.15, -0.1) is 0 Å². The zero-order chi connectivity index (χ0) is 18.7. The van der Waals surface area contributed by atoms with Gasteiger partial charge in [-0.1, -0.05) is 49.7 Å². The number of fused-ring (bicyclic) bond motifs is 1. The van der Waals surface area contributed by atoms with Crippen LogP contribution in [0.5, 0.6) is 0 Å². The van der Waals surface area contributed by atoms with Crippen LogP contribution in [0.2, 0.25) is 5.02 Å². The molecule has 0 bridgehead atoms. The zero-order valence-electron chi connectivity index (χ0n) is 15.3. The monoisotopic (exact) mass is 371 g/mol. The smallest absolute Gasteiger partial charge is 0.228 e. The highest BCUT2D eigenvalue weighted by Gasteiger charge is 2.34. The molecule has 26 heavy (non-hydrogen) atoms. The SMILES string of the molecule is CCN(CC)CCC1C(=O)NC(c2cc(N)ccc2Cl)c2ccccc21. The summed E-state index contributed by atoms with van der Waals surface area (Å²) in [5.74, 6) is -0.0813. The number of benzene rings is 2. The number of halogens is 1. The van der Waals surface area contributed by atoms with Crippen LogP contribution in [0.1, 0.15) is 48.9 Å². The van der Waals surface area contributed by atoms with Crippen molar-refractivity contribution in [1.82, 2.24) is 10.2 Å². The molecule has 0 saturated carbocycles. The Kier molecular flexibility index (Phi) is 5.84. The maximum Gasteiger partial charge on any atom is 0.228 e. The van der Waals surface area contributed by atoms with Gasteiger partial charge < -0.3 is 16.0 Å². The molecule has 3 N–H and O–H groups in total. The molecule has 4 nitrogen and oxygen atoms in total. The summed E-state index contributed by atoms with van der Waals surface area (Å²) in [4.78, 5) is 15.3. The van der Waals surface area contributed by atoms with Gasteiger partial charge in [0.15, 0.2) is 0 Å². The van der Waals surface area contributed by atoms with Crippen molar-refractivity contribution in [2.45, 2.75) is 32.2 Å². The molecule has 2 atom stereocenters. The number of carbonyl (C=O) groups excluding carboxylic acids is 1. The molecule has 2 aromatic carbocycles. The van der Waals surface area contributed by atoms with Crippen molar-refractivity contribution in [3.05, 3.63) is 64.2 Å². The second-order valence-corrected chi connectivity index (χ2v) is 7.13. The number of nitrogens with one attached hydrogen (secondary N) is 1. The highest BCUT2D eigenvalue weighted by molar-refractivity contribution is 6.31. The highest BCUT2D eigenvalue weighted by atomic mass is 35.5. The molecular weight excluding hydrogens is 346 g/mol. The van der Waals surface area contributed by atoms with E-state index < -0.39 is 0 Å². The first-order valence-corrected chi connectivity index (χ1v) is 9.59. The molecule has 0 radical (unpaired) electrons. The van der Waals surface area contributed by atoms with Gasteiger partial charge in [-0.05, 0) is 60.9 Å². The van der Waals surface area contributed by atoms with E-state index in [-0.39, 0.29) is 17.9 Å². The Morgan fingerprint density at radius 1 is 1.08 bits per heavy atom. The predicted molar refractivity (Wildman–Crippen MR) is 107 cm³/mol. The fourth-order valence-corrected chi connectivity index (χ4v) is 3.95. The molecule has 1 aliphatic heterocycles. The highest BCUT2D eigenvalue weighted by Crippen LogP contribution is 2.38. The molecule has 5 heteroatoms. The number of hydrogen-bond acceptors (Lipinski definition) is 3. The van der Waals surface area contributed by atoms with Gasteiger partial charge in [-0.3, -0.25) is 4.79 Å². The van der Waals surface area contributed by atoms with Gasteiger partial charge in [0.2, 0.25) is 5.91 Å². The van der Waals surface area contributed by atoms with Crippen LogP contribution in [-0.2, 0) is 4.79 Å². The Hall–Kier alpha value is -2.04. The Balaban J connectivity index is 1.95. The maximum atomic E-state index is 12.9. The van der Waals surface area contributed by atoms with Gasteiger partial charge in [-0.2, -0.15) is 0 Å². The van der Waals surface area contributed by atoms with Crippen molar-refractivity contribution < 1.29 is 4.79 Å². The van der Waals surface area contributed by atoms with E-state index in [9.17, 15) is 4.79 Å². The molecule has 1 amide bonds. The van der Waals surface area contributed by atoms with Crippen LogP contribution in [0.15, 0.2) is 42.5 Å². The minimum absolute atomic E-state index is 0.0550. The molecule has 2 aromatic rings. The second kappa shape index (κ2) is 8.11. The normalized spacial score (nSPS) is 19.3. The first-order valence-electron chi connectivity index (χ1n) is 9.21. The van der Waals surface area contributed by atoms with Crippen molar-refractivity contribution in [3.8, 4) is 0 Å². The van der Waals surface area contributed by atoms with Crippen molar-refractivity contribution in [2.75, 3.05) is 25.4 Å². The summed E-state index contributed by atoms with van der Waals surface area (Å²) in [5.41, 5.74) is 9.62. The average molecular weight is 372 g/mol. The van der Waals surface area contributed by atoms with E-state index in [2.05, 4.69) is 36.2 Å². The Labute approximate surface area is 160 Å². The molecule has 2 unspecified atom stereocenters. The number of anilines is 1. The number of nitrogens with two attached hydrogens (primary N) is 1. The molecule has 0 fully saturated rings. The molecule has 138 valence electrons. The van der Waals surface area contributed by atoms with Crippen molar-refractivity contribution >= 4 is 23.2 Å². The van der Waals surface area contributed by atoms with E-state index >= 15 is 0 Å². The lowest BCUT2D eigenvalue weighted by Gasteiger charge is -2.33. The Morgan fingerprint density at radius 2 is 1.77 bits per heavy atom. The predicted octanol–water partition coefficient (Wildman–Crippen LogP) is 3.96. The Bertz CT molecular complexity index is 789. The van der Waals surface area contributed by atoms with Crippen molar-refractivity contribution in [1.29, 1.82) is 0 Å². The Morgan fingerprint density at radius 3 is 2.46 bits per heavy atom. The lowest BCUT2D eigenvalue weighted by Crippen LogP contribution is -2.40. The summed E-state index contributed by atoms with van der Waals surface area (Å²) >= 11 is 6.41. The number of nitrogens with zero attached hydrogens (tertiary/aromatic N) is 1. The number of carbonyl (C=O) groups is 1. The number of hydrogen-bond donors (Lipinski definition) is 2. The summed E-state index contributed by atoms with van der Waals surface area (Å²) in [5, 5.41) is 3.78. The van der Waals surface area contributed by atoms with Crippen LogP contribution in [0.25, 0.3) is 0 Å². The van der Waals surface area contributed by atoms with E-state index in [0.29, 0.717) is 10.7 Å². The largest absolute Gasteiger partial charge is 0.399 e. The van der Waals surface area contributed by atoms with Gasteiger partial charge in [0.05, 0.1) is 12.0 Å². The molecule has 0 aliphatic carbocycles. The first kappa shape index (κ1) is 18.7. The van der Waals surface area contributed by atoms with Crippen molar-refractivity contribution in [2.24, 2.45) is 0 Å². The van der Waals surface area contributed by atoms with Crippen LogP contribution in [-0.4, -0.2) is 30.4 Å². The quantitative estimate of drug-likeness (QED) is 0.756. The third kappa shape index (κ3) is 3.71. The number of rotatable bonds is 6. The van der Waals surface area contributed by atoms with E-state index in [1.807, 2.05) is 18.2 Å². The molecule has 0 spiro atoms. The summed E-state index contributed by atoms with van der Waals surface area (Å²) < 4.78 is 0. The van der Waals surface area contributed by atoms with E-state index in [0.717, 1.165) is 42.7 Å². The van der Waals surface area contributed by atoms with Crippen LogP contribution in [0.4, 0.5) is 5.69 Å². The zero-order valence-corrected chi connectivity index (χ0v) is 16.1. The van der Waals surface area contributed by atoms with Gasteiger partial charge in [0.25, 0.3) is 0 Å². The van der Waals surface area contributed by atoms with Crippen LogP contribution in [0, 0.1) is 0 Å². The number of nitrogen functional groups attached to an aromatic ring is 1. The van der Waals surface area contributed by atoms with Crippen LogP contribution >= 0.6 is 11.6 Å². The van der Waals surface area contributed by atoms with Crippen LogP contribution in [0.3, 0.4) is 0 Å². The standard InChI is InChI=1S/C21H26ClN3O/c1-3-25(4-2)12-11-17-15-7-5-6-8-16(15)20(24-21(17)26)18-13-14(23)9-10-19(18)22/h5-10,13,17,20H,3-4,11-12,23H2,1-2H3,(H,24,26). The van der Waals surface area contributed by atoms with Gasteiger partial charge >= 0.3 is 0 Å². The van der Waals surface area contributed by atoms with Gasteiger partial charge in [0.1, 0.15) is 0 Å². The molecule has 1 aliphatic rings. The summed E-state index contributed by atoms with van der Waals surface area (Å²) in [6.07, 6.45) is 0.807.